The van der Waals surface area contributed by atoms with Crippen LogP contribution in [-0.4, -0.2) is 36.3 Å². The first-order valence-corrected chi connectivity index (χ1v) is 7.00. The number of benzene rings is 1. The van der Waals surface area contributed by atoms with Crippen molar-refractivity contribution in [3.63, 3.8) is 0 Å². The van der Waals surface area contributed by atoms with Crippen molar-refractivity contribution < 1.29 is 9.59 Å². The van der Waals surface area contributed by atoms with E-state index in [1.165, 1.54) is 0 Å². The smallest absolute Gasteiger partial charge is 0.254 e. The molecule has 0 aliphatic carbocycles. The molecular formula is C15H23N3O2. The SMILES string of the molecule is CCCNC(=O)CN(CCC)C(=O)c1ccc(N)cc1. The Morgan fingerprint density at radius 1 is 1.15 bits per heavy atom. The molecule has 0 aliphatic heterocycles. The Bertz CT molecular complexity index is 443. The highest BCUT2D eigenvalue weighted by atomic mass is 16.2. The van der Waals surface area contributed by atoms with E-state index in [0.717, 1.165) is 12.8 Å². The molecule has 5 heteroatoms. The molecule has 0 aromatic heterocycles. The molecule has 0 saturated heterocycles. The minimum Gasteiger partial charge on any atom is -0.399 e. The Kier molecular flexibility index (Phi) is 6.56. The first-order chi connectivity index (χ1) is 9.58. The number of carbonyl (C=O) groups excluding carboxylic acids is 2. The maximum absolute atomic E-state index is 12.4. The van der Waals surface area contributed by atoms with Gasteiger partial charge >= 0.3 is 0 Å². The van der Waals surface area contributed by atoms with Crippen molar-refractivity contribution in [1.29, 1.82) is 0 Å². The van der Waals surface area contributed by atoms with E-state index in [1.807, 2.05) is 13.8 Å². The third-order valence-electron chi connectivity index (χ3n) is 2.85. The molecule has 0 spiro atoms. The second kappa shape index (κ2) is 8.19. The summed E-state index contributed by atoms with van der Waals surface area (Å²) in [5.74, 6) is -0.261. The van der Waals surface area contributed by atoms with Crippen molar-refractivity contribution in [2.45, 2.75) is 26.7 Å². The standard InChI is InChI=1S/C15H23N3O2/c1-3-9-17-14(19)11-18(10-4-2)15(20)12-5-7-13(16)8-6-12/h5-8H,3-4,9-11,16H2,1-2H3,(H,17,19). The van der Waals surface area contributed by atoms with Crippen LogP contribution in [0.25, 0.3) is 0 Å². The molecule has 0 aliphatic rings. The molecule has 5 nitrogen and oxygen atoms in total. The zero-order valence-electron chi connectivity index (χ0n) is 12.2. The highest BCUT2D eigenvalue weighted by molar-refractivity contribution is 5.96. The Morgan fingerprint density at radius 3 is 2.35 bits per heavy atom. The van der Waals surface area contributed by atoms with Gasteiger partial charge in [-0.3, -0.25) is 9.59 Å². The van der Waals surface area contributed by atoms with Crippen LogP contribution in [0.5, 0.6) is 0 Å². The summed E-state index contributed by atoms with van der Waals surface area (Å²) < 4.78 is 0. The number of amides is 2. The van der Waals surface area contributed by atoms with Crippen LogP contribution in [0, 0.1) is 0 Å². The van der Waals surface area contributed by atoms with Gasteiger partial charge < -0.3 is 16.0 Å². The zero-order valence-corrected chi connectivity index (χ0v) is 12.2. The first kappa shape index (κ1) is 16.0. The van der Waals surface area contributed by atoms with Gasteiger partial charge in [0.05, 0.1) is 6.54 Å². The van der Waals surface area contributed by atoms with Crippen LogP contribution in [0.15, 0.2) is 24.3 Å². The molecule has 1 aromatic carbocycles. The van der Waals surface area contributed by atoms with Gasteiger partial charge in [-0.1, -0.05) is 13.8 Å². The van der Waals surface area contributed by atoms with Gasteiger partial charge in [-0.2, -0.15) is 0 Å². The quantitative estimate of drug-likeness (QED) is 0.744. The molecule has 2 amide bonds. The van der Waals surface area contributed by atoms with E-state index in [9.17, 15) is 9.59 Å². The number of hydrogen-bond acceptors (Lipinski definition) is 3. The van der Waals surface area contributed by atoms with Crippen LogP contribution in [0.3, 0.4) is 0 Å². The minimum absolute atomic E-state index is 0.0943. The lowest BCUT2D eigenvalue weighted by Crippen LogP contribution is -2.41. The lowest BCUT2D eigenvalue weighted by molar-refractivity contribution is -0.121. The number of rotatable bonds is 7. The van der Waals surface area contributed by atoms with Gasteiger partial charge in [-0.25, -0.2) is 0 Å². The Hall–Kier alpha value is -2.04. The van der Waals surface area contributed by atoms with Crippen LogP contribution in [0.2, 0.25) is 0 Å². The topological polar surface area (TPSA) is 75.4 Å². The fourth-order valence-corrected chi connectivity index (χ4v) is 1.82. The number of anilines is 1. The average molecular weight is 277 g/mol. The number of nitrogens with one attached hydrogen (secondary N) is 1. The normalized spacial score (nSPS) is 10.1. The maximum Gasteiger partial charge on any atom is 0.254 e. The van der Waals surface area contributed by atoms with Gasteiger partial charge in [0, 0.05) is 24.3 Å². The summed E-state index contributed by atoms with van der Waals surface area (Å²) in [4.78, 5) is 25.7. The van der Waals surface area contributed by atoms with E-state index in [1.54, 1.807) is 29.2 Å². The van der Waals surface area contributed by atoms with E-state index < -0.39 is 0 Å². The molecule has 1 aromatic rings. The van der Waals surface area contributed by atoms with Crippen molar-refractivity contribution in [1.82, 2.24) is 10.2 Å². The summed E-state index contributed by atoms with van der Waals surface area (Å²) >= 11 is 0. The number of hydrogen-bond donors (Lipinski definition) is 2. The van der Waals surface area contributed by atoms with Gasteiger partial charge in [0.25, 0.3) is 5.91 Å². The van der Waals surface area contributed by atoms with E-state index in [-0.39, 0.29) is 18.4 Å². The number of nitrogen functional groups attached to an aromatic ring is 1. The van der Waals surface area contributed by atoms with Crippen LogP contribution < -0.4 is 11.1 Å². The van der Waals surface area contributed by atoms with Crippen molar-refractivity contribution in [2.24, 2.45) is 0 Å². The van der Waals surface area contributed by atoms with Crippen molar-refractivity contribution >= 4 is 17.5 Å². The van der Waals surface area contributed by atoms with Gasteiger partial charge in [0.1, 0.15) is 0 Å². The van der Waals surface area contributed by atoms with E-state index >= 15 is 0 Å². The molecule has 0 fully saturated rings. The lowest BCUT2D eigenvalue weighted by Gasteiger charge is -2.21. The summed E-state index contributed by atoms with van der Waals surface area (Å²) in [5, 5.41) is 2.78. The third-order valence-corrected chi connectivity index (χ3v) is 2.85. The molecule has 0 unspecified atom stereocenters. The molecule has 0 saturated carbocycles. The second-order valence-electron chi connectivity index (χ2n) is 4.70. The van der Waals surface area contributed by atoms with Gasteiger partial charge in [-0.05, 0) is 37.1 Å². The molecule has 110 valence electrons. The summed E-state index contributed by atoms with van der Waals surface area (Å²) in [6, 6.07) is 6.75. The summed E-state index contributed by atoms with van der Waals surface area (Å²) in [6.07, 6.45) is 1.69. The summed E-state index contributed by atoms with van der Waals surface area (Å²) in [7, 11) is 0. The molecule has 0 bridgehead atoms. The van der Waals surface area contributed by atoms with E-state index in [4.69, 9.17) is 5.73 Å². The largest absolute Gasteiger partial charge is 0.399 e. The van der Waals surface area contributed by atoms with Crippen molar-refractivity contribution in [3.8, 4) is 0 Å². The van der Waals surface area contributed by atoms with Crippen LogP contribution in [-0.2, 0) is 4.79 Å². The molecule has 3 N–H and O–H groups in total. The second-order valence-corrected chi connectivity index (χ2v) is 4.70. The van der Waals surface area contributed by atoms with Crippen LogP contribution >= 0.6 is 0 Å². The Labute approximate surface area is 120 Å². The van der Waals surface area contributed by atoms with Gasteiger partial charge in [-0.15, -0.1) is 0 Å². The number of nitrogens with two attached hydrogens (primary N) is 1. The lowest BCUT2D eigenvalue weighted by atomic mass is 10.1. The fraction of sp³-hybridized carbons (Fsp3) is 0.467. The molecular weight excluding hydrogens is 254 g/mol. The van der Waals surface area contributed by atoms with E-state index in [0.29, 0.717) is 24.3 Å². The molecule has 0 heterocycles. The highest BCUT2D eigenvalue weighted by Crippen LogP contribution is 2.09. The highest BCUT2D eigenvalue weighted by Gasteiger charge is 2.17. The monoisotopic (exact) mass is 277 g/mol. The van der Waals surface area contributed by atoms with Crippen molar-refractivity contribution in [3.05, 3.63) is 29.8 Å². The third kappa shape index (κ3) is 4.91. The zero-order chi connectivity index (χ0) is 15.0. The number of carbonyl (C=O) groups is 2. The van der Waals surface area contributed by atoms with E-state index in [2.05, 4.69) is 5.32 Å². The average Bonchev–Trinajstić information content (AvgIpc) is 2.44. The molecule has 1 rings (SSSR count). The maximum atomic E-state index is 12.4. The summed E-state index contributed by atoms with van der Waals surface area (Å²) in [6.45, 7) is 5.26. The number of nitrogens with zero attached hydrogens (tertiary/aromatic N) is 1. The molecule has 20 heavy (non-hydrogen) atoms. The molecule has 0 atom stereocenters. The van der Waals surface area contributed by atoms with Gasteiger partial charge in [0.15, 0.2) is 0 Å². The predicted octanol–water partition coefficient (Wildman–Crippen LogP) is 1.65. The summed E-state index contributed by atoms with van der Waals surface area (Å²) in [5.41, 5.74) is 6.78. The minimum atomic E-state index is -0.140. The fourth-order valence-electron chi connectivity index (χ4n) is 1.82. The van der Waals surface area contributed by atoms with Gasteiger partial charge in [0.2, 0.25) is 5.91 Å². The van der Waals surface area contributed by atoms with Crippen molar-refractivity contribution in [2.75, 3.05) is 25.4 Å². The van der Waals surface area contributed by atoms with Crippen LogP contribution in [0.4, 0.5) is 5.69 Å². The first-order valence-electron chi connectivity index (χ1n) is 7.00. The predicted molar refractivity (Wildman–Crippen MR) is 80.3 cm³/mol. The Morgan fingerprint density at radius 2 is 1.80 bits per heavy atom. The molecule has 0 radical (unpaired) electrons. The van der Waals surface area contributed by atoms with Crippen LogP contribution in [0.1, 0.15) is 37.0 Å². The Balaban J connectivity index is 2.71.